The Balaban J connectivity index is 3.94. The first-order valence-electron chi connectivity index (χ1n) is 3.20. The Morgan fingerprint density at radius 3 is 2.08 bits per heavy atom. The lowest BCUT2D eigenvalue weighted by Gasteiger charge is -2.11. The summed E-state index contributed by atoms with van der Waals surface area (Å²) in [6.07, 6.45) is -4.22. The minimum absolute atomic E-state index is 0.566. The van der Waals surface area contributed by atoms with Crippen molar-refractivity contribution < 1.29 is 30.0 Å². The van der Waals surface area contributed by atoms with Crippen LogP contribution >= 0.6 is 0 Å². The van der Waals surface area contributed by atoms with Crippen LogP contribution in [0.4, 0.5) is 0 Å². The van der Waals surface area contributed by atoms with E-state index in [0.717, 1.165) is 0 Å². The van der Waals surface area contributed by atoms with E-state index >= 15 is 0 Å². The normalized spacial score (nSPS) is 15.2. The molecule has 0 radical (unpaired) electrons. The summed E-state index contributed by atoms with van der Waals surface area (Å²) in [6, 6.07) is 0. The van der Waals surface area contributed by atoms with Gasteiger partial charge in [-0.1, -0.05) is 0 Å². The lowest BCUT2D eigenvalue weighted by atomic mass is 10.1. The van der Waals surface area contributed by atoms with Crippen LogP contribution in [0.25, 0.3) is 0 Å². The number of aliphatic hydroxyl groups is 3. The fourth-order valence-corrected chi connectivity index (χ4v) is 0.574. The summed E-state index contributed by atoms with van der Waals surface area (Å²) in [5.74, 6) is -2.32. The number of carbonyl (C=O) groups is 2. The molecule has 0 saturated carbocycles. The molecule has 0 aromatic rings. The molecule has 0 aliphatic heterocycles. The van der Waals surface area contributed by atoms with Crippen molar-refractivity contribution >= 4 is 11.8 Å². The maximum Gasteiger partial charge on any atom is 0.335 e. The van der Waals surface area contributed by atoms with Gasteiger partial charge in [-0.05, 0) is 0 Å². The molecule has 0 bridgehead atoms. The van der Waals surface area contributed by atoms with Crippen LogP contribution in [0.15, 0.2) is 0 Å². The minimum atomic E-state index is -1.99. The lowest BCUT2D eigenvalue weighted by molar-refractivity contribution is -0.153. The summed E-state index contributed by atoms with van der Waals surface area (Å²) in [4.78, 5) is 20.5. The van der Waals surface area contributed by atoms with Crippen LogP contribution in [0.1, 0.15) is 6.42 Å². The van der Waals surface area contributed by atoms with Crippen molar-refractivity contribution in [1.82, 2.24) is 0 Å². The van der Waals surface area contributed by atoms with Gasteiger partial charge in [0.15, 0.2) is 11.9 Å². The molecule has 2 unspecified atom stereocenters. The van der Waals surface area contributed by atoms with Crippen molar-refractivity contribution in [2.75, 3.05) is 6.61 Å². The van der Waals surface area contributed by atoms with E-state index in [1.165, 1.54) is 0 Å². The average Bonchev–Trinajstić information content (AvgIpc) is 2.02. The van der Waals surface area contributed by atoms with Gasteiger partial charge in [-0.3, -0.25) is 4.79 Å². The average molecular weight is 178 g/mol. The minimum Gasteiger partial charge on any atom is -0.479 e. The number of hydrogen-bond acceptors (Lipinski definition) is 5. The zero-order valence-corrected chi connectivity index (χ0v) is 6.17. The molecule has 0 saturated heterocycles. The Bertz CT molecular complexity index is 177. The van der Waals surface area contributed by atoms with E-state index in [1.54, 1.807) is 0 Å². The standard InChI is InChI=1S/C6H10O6/c7-2-3(8)1-4(9)5(10)6(11)12/h4-5,7,9-10H,1-2H2,(H,11,12). The second-order valence-corrected chi connectivity index (χ2v) is 2.25. The van der Waals surface area contributed by atoms with Crippen LogP contribution in [0.2, 0.25) is 0 Å². The van der Waals surface area contributed by atoms with Crippen LogP contribution in [-0.2, 0) is 9.59 Å². The molecule has 6 heteroatoms. The summed E-state index contributed by atoms with van der Waals surface area (Å²) < 4.78 is 0. The molecule has 70 valence electrons. The van der Waals surface area contributed by atoms with Crippen molar-refractivity contribution in [2.24, 2.45) is 0 Å². The topological polar surface area (TPSA) is 115 Å². The molecule has 12 heavy (non-hydrogen) atoms. The summed E-state index contributed by atoms with van der Waals surface area (Å²) in [7, 11) is 0. The summed E-state index contributed by atoms with van der Waals surface area (Å²) in [6.45, 7) is -0.774. The molecule has 0 spiro atoms. The number of aliphatic carboxylic acids is 1. The second kappa shape index (κ2) is 4.81. The Labute approximate surface area is 68.1 Å². The SMILES string of the molecule is O=C(CO)CC(O)C(O)C(=O)O. The van der Waals surface area contributed by atoms with Gasteiger partial charge in [-0.2, -0.15) is 0 Å². The zero-order valence-electron chi connectivity index (χ0n) is 6.17. The van der Waals surface area contributed by atoms with E-state index < -0.39 is 37.0 Å². The van der Waals surface area contributed by atoms with E-state index in [2.05, 4.69) is 0 Å². The Morgan fingerprint density at radius 1 is 1.25 bits per heavy atom. The van der Waals surface area contributed by atoms with Crippen molar-refractivity contribution in [1.29, 1.82) is 0 Å². The van der Waals surface area contributed by atoms with Gasteiger partial charge in [0.1, 0.15) is 6.61 Å². The predicted octanol–water partition coefficient (Wildman–Crippen LogP) is -2.26. The maximum atomic E-state index is 10.4. The Kier molecular flexibility index (Phi) is 4.42. The van der Waals surface area contributed by atoms with Gasteiger partial charge in [0.05, 0.1) is 6.10 Å². The van der Waals surface area contributed by atoms with E-state index in [-0.39, 0.29) is 0 Å². The first-order valence-corrected chi connectivity index (χ1v) is 3.20. The van der Waals surface area contributed by atoms with Crippen LogP contribution in [0.3, 0.4) is 0 Å². The molecule has 2 atom stereocenters. The molecular formula is C6H10O6. The van der Waals surface area contributed by atoms with E-state index in [1.807, 2.05) is 0 Å². The van der Waals surface area contributed by atoms with Gasteiger partial charge < -0.3 is 20.4 Å². The van der Waals surface area contributed by atoms with Gasteiger partial charge in [0.25, 0.3) is 0 Å². The molecular weight excluding hydrogens is 168 g/mol. The maximum absolute atomic E-state index is 10.4. The molecule has 0 aliphatic carbocycles. The number of Topliss-reactive ketones (excluding diaryl/α,β-unsaturated/α-hetero) is 1. The number of carboxylic acid groups (broad SMARTS) is 1. The van der Waals surface area contributed by atoms with Crippen LogP contribution in [0.5, 0.6) is 0 Å². The van der Waals surface area contributed by atoms with Gasteiger partial charge in [-0.15, -0.1) is 0 Å². The number of carbonyl (C=O) groups excluding carboxylic acids is 1. The van der Waals surface area contributed by atoms with Gasteiger partial charge in [-0.25, -0.2) is 4.79 Å². The zero-order chi connectivity index (χ0) is 9.72. The fraction of sp³-hybridized carbons (Fsp3) is 0.667. The molecule has 0 aliphatic rings. The van der Waals surface area contributed by atoms with E-state index in [9.17, 15) is 9.59 Å². The summed E-state index contributed by atoms with van der Waals surface area (Å²) in [5, 5.41) is 33.9. The van der Waals surface area contributed by atoms with Gasteiger partial charge >= 0.3 is 5.97 Å². The quantitative estimate of drug-likeness (QED) is 0.378. The number of rotatable bonds is 5. The Hall–Kier alpha value is -0.980. The highest BCUT2D eigenvalue weighted by atomic mass is 16.4. The lowest BCUT2D eigenvalue weighted by Crippen LogP contribution is -2.35. The molecule has 0 rings (SSSR count). The molecule has 4 N–H and O–H groups in total. The number of aliphatic hydroxyl groups excluding tert-OH is 3. The second-order valence-electron chi connectivity index (χ2n) is 2.25. The van der Waals surface area contributed by atoms with Crippen molar-refractivity contribution in [3.8, 4) is 0 Å². The van der Waals surface area contributed by atoms with Crippen molar-refractivity contribution in [2.45, 2.75) is 18.6 Å². The fourth-order valence-electron chi connectivity index (χ4n) is 0.574. The first kappa shape index (κ1) is 11.0. The first-order chi connectivity index (χ1) is 5.49. The highest BCUT2D eigenvalue weighted by Crippen LogP contribution is 1.99. The number of ketones is 1. The largest absolute Gasteiger partial charge is 0.479 e. The Morgan fingerprint density at radius 2 is 1.75 bits per heavy atom. The van der Waals surface area contributed by atoms with Gasteiger partial charge in [0, 0.05) is 6.42 Å². The molecule has 0 amide bonds. The highest BCUT2D eigenvalue weighted by Gasteiger charge is 2.25. The van der Waals surface area contributed by atoms with Crippen LogP contribution in [0, 0.1) is 0 Å². The molecule has 6 nitrogen and oxygen atoms in total. The van der Waals surface area contributed by atoms with Crippen molar-refractivity contribution in [3.05, 3.63) is 0 Å². The molecule has 0 heterocycles. The molecule has 0 aromatic heterocycles. The van der Waals surface area contributed by atoms with Crippen molar-refractivity contribution in [3.63, 3.8) is 0 Å². The molecule has 0 aromatic carbocycles. The third-order valence-corrected chi connectivity index (χ3v) is 1.23. The number of hydrogen-bond donors (Lipinski definition) is 4. The monoisotopic (exact) mass is 178 g/mol. The summed E-state index contributed by atoms with van der Waals surface area (Å²) in [5.41, 5.74) is 0. The third kappa shape index (κ3) is 3.42. The van der Waals surface area contributed by atoms with Crippen LogP contribution in [-0.4, -0.2) is 51.0 Å². The van der Waals surface area contributed by atoms with E-state index in [0.29, 0.717) is 0 Å². The number of carboxylic acids is 1. The van der Waals surface area contributed by atoms with E-state index in [4.69, 9.17) is 20.4 Å². The third-order valence-electron chi connectivity index (χ3n) is 1.23. The smallest absolute Gasteiger partial charge is 0.335 e. The predicted molar refractivity (Wildman–Crippen MR) is 36.4 cm³/mol. The highest BCUT2D eigenvalue weighted by molar-refractivity contribution is 5.81. The van der Waals surface area contributed by atoms with Crippen LogP contribution < -0.4 is 0 Å². The van der Waals surface area contributed by atoms with Gasteiger partial charge in [0.2, 0.25) is 0 Å². The molecule has 0 fully saturated rings. The summed E-state index contributed by atoms with van der Waals surface area (Å²) >= 11 is 0.